The van der Waals surface area contributed by atoms with Gasteiger partial charge in [0.05, 0.1) is 12.1 Å². The number of hydrogen-bond acceptors (Lipinski definition) is 2. The van der Waals surface area contributed by atoms with Crippen LogP contribution in [0.4, 0.5) is 4.39 Å². The van der Waals surface area contributed by atoms with E-state index >= 15 is 0 Å². The van der Waals surface area contributed by atoms with Gasteiger partial charge in [0.25, 0.3) is 5.56 Å². The molecule has 1 aromatic carbocycles. The Morgan fingerprint density at radius 3 is 2.68 bits per heavy atom. The predicted molar refractivity (Wildman–Crippen MR) is 67.9 cm³/mol. The topological polar surface area (TPSA) is 59.3 Å². The molecule has 0 bridgehead atoms. The van der Waals surface area contributed by atoms with Crippen molar-refractivity contribution in [1.29, 1.82) is 0 Å². The zero-order chi connectivity index (χ0) is 14.0. The SMILES string of the molecule is Cc1ccn(Cc2ccc(F)cc2C(=O)O)c(=O)c1. The lowest BCUT2D eigenvalue weighted by molar-refractivity contribution is 0.0695. The van der Waals surface area contributed by atoms with Crippen LogP contribution in [0.3, 0.4) is 0 Å². The van der Waals surface area contributed by atoms with Crippen molar-refractivity contribution in [3.8, 4) is 0 Å². The first-order valence-corrected chi connectivity index (χ1v) is 5.66. The van der Waals surface area contributed by atoms with E-state index in [2.05, 4.69) is 0 Å². The van der Waals surface area contributed by atoms with E-state index < -0.39 is 11.8 Å². The molecule has 1 heterocycles. The molecule has 0 saturated heterocycles. The molecule has 1 N–H and O–H groups in total. The molecule has 0 spiro atoms. The lowest BCUT2D eigenvalue weighted by Gasteiger charge is -2.09. The smallest absolute Gasteiger partial charge is 0.336 e. The van der Waals surface area contributed by atoms with Crippen molar-refractivity contribution in [1.82, 2.24) is 4.57 Å². The first-order valence-electron chi connectivity index (χ1n) is 5.66. The second kappa shape index (κ2) is 5.06. The van der Waals surface area contributed by atoms with Crippen molar-refractivity contribution in [2.24, 2.45) is 0 Å². The molecular weight excluding hydrogens is 249 g/mol. The van der Waals surface area contributed by atoms with E-state index in [1.54, 1.807) is 19.2 Å². The van der Waals surface area contributed by atoms with E-state index in [1.165, 1.54) is 22.8 Å². The van der Waals surface area contributed by atoms with Crippen LogP contribution in [0.1, 0.15) is 21.5 Å². The number of benzene rings is 1. The van der Waals surface area contributed by atoms with E-state index in [0.717, 1.165) is 11.6 Å². The number of aromatic carboxylic acids is 1. The van der Waals surface area contributed by atoms with Gasteiger partial charge in [-0.2, -0.15) is 0 Å². The summed E-state index contributed by atoms with van der Waals surface area (Å²) in [7, 11) is 0. The Labute approximate surface area is 108 Å². The van der Waals surface area contributed by atoms with Crippen molar-refractivity contribution >= 4 is 5.97 Å². The molecule has 0 radical (unpaired) electrons. The summed E-state index contributed by atoms with van der Waals surface area (Å²) in [5.41, 5.74) is 0.867. The molecule has 0 saturated carbocycles. The van der Waals surface area contributed by atoms with Gasteiger partial charge in [-0.1, -0.05) is 6.07 Å². The van der Waals surface area contributed by atoms with Gasteiger partial charge in [0.15, 0.2) is 0 Å². The molecule has 0 aliphatic carbocycles. The summed E-state index contributed by atoms with van der Waals surface area (Å²) in [6, 6.07) is 6.73. The zero-order valence-corrected chi connectivity index (χ0v) is 10.3. The second-order valence-electron chi connectivity index (χ2n) is 4.28. The van der Waals surface area contributed by atoms with Gasteiger partial charge in [0.1, 0.15) is 5.82 Å². The minimum atomic E-state index is -1.21. The summed E-state index contributed by atoms with van der Waals surface area (Å²) in [5, 5.41) is 9.03. The highest BCUT2D eigenvalue weighted by Gasteiger charge is 2.12. The van der Waals surface area contributed by atoms with Crippen LogP contribution in [0.2, 0.25) is 0 Å². The molecular formula is C14H12FNO3. The number of carbonyl (C=O) groups is 1. The highest BCUT2D eigenvalue weighted by Crippen LogP contribution is 2.12. The number of aryl methyl sites for hydroxylation is 1. The van der Waals surface area contributed by atoms with E-state index in [0.29, 0.717) is 5.56 Å². The fourth-order valence-corrected chi connectivity index (χ4v) is 1.81. The molecule has 5 heteroatoms. The quantitative estimate of drug-likeness (QED) is 0.919. The fraction of sp³-hybridized carbons (Fsp3) is 0.143. The minimum Gasteiger partial charge on any atom is -0.478 e. The van der Waals surface area contributed by atoms with Crippen LogP contribution < -0.4 is 5.56 Å². The van der Waals surface area contributed by atoms with Gasteiger partial charge in [-0.15, -0.1) is 0 Å². The van der Waals surface area contributed by atoms with Gasteiger partial charge < -0.3 is 9.67 Å². The fourth-order valence-electron chi connectivity index (χ4n) is 1.81. The highest BCUT2D eigenvalue weighted by atomic mass is 19.1. The first kappa shape index (κ1) is 13.0. The highest BCUT2D eigenvalue weighted by molar-refractivity contribution is 5.89. The number of hydrogen-bond donors (Lipinski definition) is 1. The summed E-state index contributed by atoms with van der Waals surface area (Å²) < 4.78 is 14.4. The third kappa shape index (κ3) is 2.88. The Morgan fingerprint density at radius 2 is 2.05 bits per heavy atom. The predicted octanol–water partition coefficient (Wildman–Crippen LogP) is 2.04. The number of carboxylic acid groups (broad SMARTS) is 1. The molecule has 4 nitrogen and oxygen atoms in total. The lowest BCUT2D eigenvalue weighted by Crippen LogP contribution is -2.20. The van der Waals surface area contributed by atoms with Crippen molar-refractivity contribution in [2.75, 3.05) is 0 Å². The van der Waals surface area contributed by atoms with Gasteiger partial charge in [0, 0.05) is 12.3 Å². The Balaban J connectivity index is 2.43. The number of carboxylic acids is 1. The largest absolute Gasteiger partial charge is 0.478 e. The second-order valence-corrected chi connectivity index (χ2v) is 4.28. The molecule has 2 rings (SSSR count). The Hall–Kier alpha value is -2.43. The van der Waals surface area contributed by atoms with Crippen molar-refractivity contribution in [3.05, 3.63) is 69.4 Å². The van der Waals surface area contributed by atoms with Gasteiger partial charge in [-0.05, 0) is 36.2 Å². The van der Waals surface area contributed by atoms with Crippen molar-refractivity contribution in [3.63, 3.8) is 0 Å². The number of pyridine rings is 1. The van der Waals surface area contributed by atoms with E-state index in [-0.39, 0.29) is 17.7 Å². The molecule has 0 atom stereocenters. The molecule has 0 aliphatic rings. The average molecular weight is 261 g/mol. The van der Waals surface area contributed by atoms with Crippen molar-refractivity contribution < 1.29 is 14.3 Å². The van der Waals surface area contributed by atoms with Gasteiger partial charge in [-0.25, -0.2) is 9.18 Å². The van der Waals surface area contributed by atoms with Crippen LogP contribution >= 0.6 is 0 Å². The maximum atomic E-state index is 13.0. The normalized spacial score (nSPS) is 10.4. The number of nitrogens with zero attached hydrogens (tertiary/aromatic N) is 1. The van der Waals surface area contributed by atoms with E-state index in [4.69, 9.17) is 5.11 Å². The minimum absolute atomic E-state index is 0.0982. The molecule has 98 valence electrons. The third-order valence-electron chi connectivity index (χ3n) is 2.79. The van der Waals surface area contributed by atoms with Gasteiger partial charge >= 0.3 is 5.97 Å². The number of aromatic nitrogens is 1. The molecule has 0 aliphatic heterocycles. The average Bonchev–Trinajstić information content (AvgIpc) is 2.34. The third-order valence-corrected chi connectivity index (χ3v) is 2.79. The van der Waals surface area contributed by atoms with E-state index in [1.807, 2.05) is 0 Å². The lowest BCUT2D eigenvalue weighted by atomic mass is 10.1. The zero-order valence-electron chi connectivity index (χ0n) is 10.3. The molecule has 0 fully saturated rings. The molecule has 0 amide bonds. The number of rotatable bonds is 3. The monoisotopic (exact) mass is 261 g/mol. The van der Waals surface area contributed by atoms with Crippen LogP contribution in [-0.4, -0.2) is 15.6 Å². The summed E-state index contributed by atoms with van der Waals surface area (Å²) in [4.78, 5) is 22.8. The number of halogens is 1. The van der Waals surface area contributed by atoms with Crippen LogP contribution in [0.5, 0.6) is 0 Å². The van der Waals surface area contributed by atoms with Gasteiger partial charge in [-0.3, -0.25) is 4.79 Å². The summed E-state index contributed by atoms with van der Waals surface area (Å²) in [5.74, 6) is -1.83. The van der Waals surface area contributed by atoms with Gasteiger partial charge in [0.2, 0.25) is 0 Å². The Kier molecular flexibility index (Phi) is 3.46. The first-order chi connectivity index (χ1) is 8.97. The van der Waals surface area contributed by atoms with Crippen LogP contribution in [-0.2, 0) is 6.54 Å². The van der Waals surface area contributed by atoms with Crippen LogP contribution in [0.25, 0.3) is 0 Å². The summed E-state index contributed by atoms with van der Waals surface area (Å²) in [6.45, 7) is 1.90. The Bertz CT molecular complexity index is 691. The molecule has 19 heavy (non-hydrogen) atoms. The van der Waals surface area contributed by atoms with E-state index in [9.17, 15) is 14.0 Å². The summed E-state index contributed by atoms with van der Waals surface area (Å²) in [6.07, 6.45) is 1.59. The van der Waals surface area contributed by atoms with Crippen LogP contribution in [0, 0.1) is 12.7 Å². The Morgan fingerprint density at radius 1 is 1.32 bits per heavy atom. The maximum absolute atomic E-state index is 13.0. The van der Waals surface area contributed by atoms with Crippen molar-refractivity contribution in [2.45, 2.75) is 13.5 Å². The molecule has 2 aromatic rings. The van der Waals surface area contributed by atoms with Crippen LogP contribution in [0.15, 0.2) is 41.3 Å². The maximum Gasteiger partial charge on any atom is 0.336 e. The molecule has 0 unspecified atom stereocenters. The standard InChI is InChI=1S/C14H12FNO3/c1-9-4-5-16(13(17)6-9)8-10-2-3-11(15)7-12(10)14(18)19/h2-7H,8H2,1H3,(H,18,19). The summed E-state index contributed by atoms with van der Waals surface area (Å²) >= 11 is 0. The molecule has 1 aromatic heterocycles.